The molecular formula is C18H28N2O. The highest BCUT2D eigenvalue weighted by molar-refractivity contribution is 5.20. The minimum Gasteiger partial charge on any atom is -0.377 e. The van der Waals surface area contributed by atoms with Gasteiger partial charge in [0.2, 0.25) is 0 Å². The van der Waals surface area contributed by atoms with Crippen LogP contribution in [0.2, 0.25) is 0 Å². The van der Waals surface area contributed by atoms with Crippen LogP contribution in [0.5, 0.6) is 0 Å². The lowest BCUT2D eigenvalue weighted by atomic mass is 9.92. The Morgan fingerprint density at radius 2 is 2.00 bits per heavy atom. The van der Waals surface area contributed by atoms with Gasteiger partial charge in [-0.3, -0.25) is 4.90 Å². The van der Waals surface area contributed by atoms with Gasteiger partial charge in [-0.25, -0.2) is 0 Å². The lowest BCUT2D eigenvalue weighted by molar-refractivity contribution is 0.0162. The highest BCUT2D eigenvalue weighted by Crippen LogP contribution is 2.30. The maximum Gasteiger partial charge on any atom is 0.0703 e. The Kier molecular flexibility index (Phi) is 4.63. The van der Waals surface area contributed by atoms with Gasteiger partial charge in [-0.1, -0.05) is 44.2 Å². The molecule has 2 fully saturated rings. The summed E-state index contributed by atoms with van der Waals surface area (Å²) in [4.78, 5) is 2.72. The van der Waals surface area contributed by atoms with Gasteiger partial charge in [0.15, 0.2) is 0 Å². The summed E-state index contributed by atoms with van der Waals surface area (Å²) in [6.07, 6.45) is 1.53. The first kappa shape index (κ1) is 15.0. The first-order chi connectivity index (χ1) is 10.2. The summed E-state index contributed by atoms with van der Waals surface area (Å²) in [5.74, 6) is 0.669. The van der Waals surface area contributed by atoms with Crippen LogP contribution < -0.4 is 5.32 Å². The minimum atomic E-state index is 0.362. The molecule has 0 bridgehead atoms. The molecule has 2 aliphatic heterocycles. The summed E-state index contributed by atoms with van der Waals surface area (Å²) in [7, 11) is 0. The fourth-order valence-electron chi connectivity index (χ4n) is 3.86. The van der Waals surface area contributed by atoms with E-state index in [1.807, 2.05) is 0 Å². The number of benzene rings is 1. The molecule has 1 aromatic carbocycles. The largest absolute Gasteiger partial charge is 0.377 e. The van der Waals surface area contributed by atoms with Gasteiger partial charge < -0.3 is 10.1 Å². The van der Waals surface area contributed by atoms with Crippen molar-refractivity contribution < 1.29 is 4.74 Å². The van der Waals surface area contributed by atoms with E-state index in [0.717, 1.165) is 19.7 Å². The number of piperazine rings is 1. The molecule has 4 atom stereocenters. The average molecular weight is 288 g/mol. The van der Waals surface area contributed by atoms with Crippen molar-refractivity contribution in [2.45, 2.75) is 51.4 Å². The van der Waals surface area contributed by atoms with Gasteiger partial charge in [0, 0.05) is 37.8 Å². The highest BCUT2D eigenvalue weighted by atomic mass is 16.5. The number of nitrogens with zero attached hydrogens (tertiary/aromatic N) is 1. The fraction of sp³-hybridized carbons (Fsp3) is 0.667. The zero-order valence-corrected chi connectivity index (χ0v) is 13.5. The van der Waals surface area contributed by atoms with Gasteiger partial charge >= 0.3 is 0 Å². The van der Waals surface area contributed by atoms with E-state index in [-0.39, 0.29) is 0 Å². The van der Waals surface area contributed by atoms with Crippen molar-refractivity contribution >= 4 is 0 Å². The zero-order chi connectivity index (χ0) is 14.8. The van der Waals surface area contributed by atoms with Crippen molar-refractivity contribution in [3.63, 3.8) is 0 Å². The maximum atomic E-state index is 5.83. The molecule has 4 unspecified atom stereocenters. The second-order valence-electron chi connectivity index (χ2n) is 6.81. The molecule has 0 aromatic heterocycles. The molecule has 2 saturated heterocycles. The summed E-state index contributed by atoms with van der Waals surface area (Å²) in [5, 5.41) is 3.75. The van der Waals surface area contributed by atoms with E-state index in [1.165, 1.54) is 12.0 Å². The molecule has 3 heteroatoms. The highest BCUT2D eigenvalue weighted by Gasteiger charge is 2.39. The van der Waals surface area contributed by atoms with Crippen LogP contribution in [0, 0.1) is 5.92 Å². The van der Waals surface area contributed by atoms with E-state index < -0.39 is 0 Å². The van der Waals surface area contributed by atoms with Gasteiger partial charge in [-0.15, -0.1) is 0 Å². The SMILES string of the molecule is CC(C)C1CNC(c2ccccc2)CN1C1CCOC1C. The molecule has 1 N–H and O–H groups in total. The van der Waals surface area contributed by atoms with Gasteiger partial charge in [0.1, 0.15) is 0 Å². The minimum absolute atomic E-state index is 0.362. The summed E-state index contributed by atoms with van der Waals surface area (Å²) in [6, 6.07) is 12.5. The zero-order valence-electron chi connectivity index (χ0n) is 13.5. The summed E-state index contributed by atoms with van der Waals surface area (Å²) in [5.41, 5.74) is 1.40. The van der Waals surface area contributed by atoms with Crippen LogP contribution >= 0.6 is 0 Å². The Hall–Kier alpha value is -0.900. The topological polar surface area (TPSA) is 24.5 Å². The number of hydrogen-bond acceptors (Lipinski definition) is 3. The lowest BCUT2D eigenvalue weighted by Crippen LogP contribution is -2.59. The van der Waals surface area contributed by atoms with Crippen molar-refractivity contribution in [1.29, 1.82) is 0 Å². The Labute approximate surface area is 128 Å². The van der Waals surface area contributed by atoms with Gasteiger partial charge in [0.05, 0.1) is 6.10 Å². The smallest absolute Gasteiger partial charge is 0.0703 e. The Balaban J connectivity index is 1.78. The third kappa shape index (κ3) is 3.15. The maximum absolute atomic E-state index is 5.83. The molecule has 3 rings (SSSR count). The van der Waals surface area contributed by atoms with Crippen molar-refractivity contribution in [2.24, 2.45) is 5.92 Å². The lowest BCUT2D eigenvalue weighted by Gasteiger charge is -2.46. The molecule has 1 aromatic rings. The van der Waals surface area contributed by atoms with E-state index in [1.54, 1.807) is 0 Å². The van der Waals surface area contributed by atoms with E-state index in [9.17, 15) is 0 Å². The predicted molar refractivity (Wildman–Crippen MR) is 86.3 cm³/mol. The second kappa shape index (κ2) is 6.47. The van der Waals surface area contributed by atoms with Gasteiger partial charge in [0.25, 0.3) is 0 Å². The molecule has 0 aliphatic carbocycles. The van der Waals surface area contributed by atoms with E-state index >= 15 is 0 Å². The van der Waals surface area contributed by atoms with E-state index in [2.05, 4.69) is 61.3 Å². The predicted octanol–water partition coefficient (Wildman–Crippen LogP) is 2.83. The Morgan fingerprint density at radius 3 is 2.62 bits per heavy atom. The first-order valence-electron chi connectivity index (χ1n) is 8.32. The van der Waals surface area contributed by atoms with Crippen molar-refractivity contribution in [3.05, 3.63) is 35.9 Å². The van der Waals surface area contributed by atoms with E-state index in [4.69, 9.17) is 4.74 Å². The number of ether oxygens (including phenoxy) is 1. The van der Waals surface area contributed by atoms with Crippen LogP contribution in [0.1, 0.15) is 38.8 Å². The molecule has 0 saturated carbocycles. The van der Waals surface area contributed by atoms with Crippen LogP contribution in [-0.4, -0.2) is 42.8 Å². The van der Waals surface area contributed by atoms with Crippen LogP contribution in [0.15, 0.2) is 30.3 Å². The monoisotopic (exact) mass is 288 g/mol. The van der Waals surface area contributed by atoms with Crippen LogP contribution in [0.3, 0.4) is 0 Å². The van der Waals surface area contributed by atoms with Crippen LogP contribution in [0.4, 0.5) is 0 Å². The Morgan fingerprint density at radius 1 is 1.24 bits per heavy atom. The quantitative estimate of drug-likeness (QED) is 0.925. The molecule has 0 radical (unpaired) electrons. The van der Waals surface area contributed by atoms with Crippen molar-refractivity contribution in [2.75, 3.05) is 19.7 Å². The fourth-order valence-corrected chi connectivity index (χ4v) is 3.86. The van der Waals surface area contributed by atoms with Gasteiger partial charge in [-0.05, 0) is 24.8 Å². The number of rotatable bonds is 3. The van der Waals surface area contributed by atoms with Crippen molar-refractivity contribution in [1.82, 2.24) is 10.2 Å². The molecule has 116 valence electrons. The first-order valence-corrected chi connectivity index (χ1v) is 8.32. The molecule has 0 spiro atoms. The van der Waals surface area contributed by atoms with E-state index in [0.29, 0.717) is 30.1 Å². The molecule has 21 heavy (non-hydrogen) atoms. The standard InChI is InChI=1S/C18H28N2O/c1-13(2)18-11-19-16(15-7-5-4-6-8-15)12-20(18)17-9-10-21-14(17)3/h4-8,13-14,16-19H,9-12H2,1-3H3. The third-order valence-corrected chi connectivity index (χ3v) is 5.13. The molecule has 2 heterocycles. The molecular weight excluding hydrogens is 260 g/mol. The molecule has 3 nitrogen and oxygen atoms in total. The van der Waals surface area contributed by atoms with Crippen molar-refractivity contribution in [3.8, 4) is 0 Å². The summed E-state index contributed by atoms with van der Waals surface area (Å²) in [6.45, 7) is 9.97. The third-order valence-electron chi connectivity index (χ3n) is 5.13. The summed E-state index contributed by atoms with van der Waals surface area (Å²) >= 11 is 0. The molecule has 0 amide bonds. The van der Waals surface area contributed by atoms with Crippen LogP contribution in [0.25, 0.3) is 0 Å². The number of nitrogens with one attached hydrogen (secondary N) is 1. The molecule has 2 aliphatic rings. The number of hydrogen-bond donors (Lipinski definition) is 1. The van der Waals surface area contributed by atoms with Crippen LogP contribution in [-0.2, 0) is 4.74 Å². The Bertz CT molecular complexity index is 446. The normalized spacial score (nSPS) is 34.5. The summed E-state index contributed by atoms with van der Waals surface area (Å²) < 4.78 is 5.83. The average Bonchev–Trinajstić information content (AvgIpc) is 2.93. The second-order valence-corrected chi connectivity index (χ2v) is 6.81. The van der Waals surface area contributed by atoms with Gasteiger partial charge in [-0.2, -0.15) is 0 Å².